The van der Waals surface area contributed by atoms with E-state index in [1.807, 2.05) is 0 Å². The largest absolute Gasteiger partial charge is 0.388 e. The van der Waals surface area contributed by atoms with E-state index in [0.717, 1.165) is 43.9 Å². The molecular formula is C14H18F2O. The molecule has 0 saturated heterocycles. The maximum atomic E-state index is 13.5. The Hall–Kier alpha value is -0.960. The maximum Gasteiger partial charge on any atom is 0.129 e. The second-order valence-electron chi connectivity index (χ2n) is 4.96. The van der Waals surface area contributed by atoms with Crippen LogP contribution in [0.5, 0.6) is 0 Å². The monoisotopic (exact) mass is 240 g/mol. The van der Waals surface area contributed by atoms with Gasteiger partial charge in [0.15, 0.2) is 0 Å². The van der Waals surface area contributed by atoms with Crippen molar-refractivity contribution in [1.29, 1.82) is 0 Å². The Balaban J connectivity index is 2.14. The summed E-state index contributed by atoms with van der Waals surface area (Å²) in [6, 6.07) is 3.27. The molecule has 0 bridgehead atoms. The smallest absolute Gasteiger partial charge is 0.129 e. The first-order valence-corrected chi connectivity index (χ1v) is 6.24. The minimum atomic E-state index is -0.873. The van der Waals surface area contributed by atoms with E-state index in [1.54, 1.807) is 0 Å². The first-order valence-electron chi connectivity index (χ1n) is 6.24. The van der Waals surface area contributed by atoms with Crippen molar-refractivity contribution < 1.29 is 13.9 Å². The molecule has 1 nitrogen and oxygen atoms in total. The third-order valence-corrected chi connectivity index (χ3v) is 3.88. The van der Waals surface area contributed by atoms with Gasteiger partial charge in [-0.15, -0.1) is 0 Å². The molecule has 1 aromatic rings. The van der Waals surface area contributed by atoms with Gasteiger partial charge in [-0.3, -0.25) is 0 Å². The van der Waals surface area contributed by atoms with E-state index < -0.39 is 17.7 Å². The van der Waals surface area contributed by atoms with Gasteiger partial charge in [-0.2, -0.15) is 0 Å². The third-order valence-electron chi connectivity index (χ3n) is 3.88. The normalized spacial score (nSPS) is 26.1. The van der Waals surface area contributed by atoms with Crippen molar-refractivity contribution in [2.75, 3.05) is 0 Å². The number of hydrogen-bond acceptors (Lipinski definition) is 1. The van der Waals surface area contributed by atoms with E-state index >= 15 is 0 Å². The molecular weight excluding hydrogens is 222 g/mol. The number of hydrogen-bond donors (Lipinski definition) is 1. The van der Waals surface area contributed by atoms with Crippen LogP contribution in [0.25, 0.3) is 0 Å². The Kier molecular flexibility index (Phi) is 3.77. The first-order chi connectivity index (χ1) is 8.11. The standard InChI is InChI=1S/C14H18F2O/c1-2-9-3-4-10(7-9)14(17)12-8-11(15)5-6-13(12)16/h5-6,8-10,14,17H,2-4,7H2,1H3. The van der Waals surface area contributed by atoms with Gasteiger partial charge >= 0.3 is 0 Å². The number of benzene rings is 1. The highest BCUT2D eigenvalue weighted by Gasteiger charge is 2.31. The van der Waals surface area contributed by atoms with Crippen molar-refractivity contribution in [1.82, 2.24) is 0 Å². The van der Waals surface area contributed by atoms with Gasteiger partial charge < -0.3 is 5.11 Å². The molecule has 1 N–H and O–H groups in total. The predicted molar refractivity (Wildman–Crippen MR) is 62.4 cm³/mol. The van der Waals surface area contributed by atoms with Crippen molar-refractivity contribution in [2.24, 2.45) is 11.8 Å². The molecule has 3 heteroatoms. The minimum Gasteiger partial charge on any atom is -0.388 e. The summed E-state index contributed by atoms with van der Waals surface area (Å²) in [5.41, 5.74) is 0.103. The van der Waals surface area contributed by atoms with Gasteiger partial charge in [0, 0.05) is 5.56 Å². The van der Waals surface area contributed by atoms with Gasteiger partial charge in [0.25, 0.3) is 0 Å². The van der Waals surface area contributed by atoms with E-state index in [0.29, 0.717) is 5.92 Å². The van der Waals surface area contributed by atoms with Gasteiger partial charge in [-0.25, -0.2) is 8.78 Å². The second kappa shape index (κ2) is 5.13. The second-order valence-corrected chi connectivity index (χ2v) is 4.96. The zero-order chi connectivity index (χ0) is 12.4. The molecule has 1 aliphatic rings. The molecule has 0 heterocycles. The lowest BCUT2D eigenvalue weighted by atomic mass is 9.92. The fourth-order valence-electron chi connectivity index (χ4n) is 2.77. The van der Waals surface area contributed by atoms with Crippen LogP contribution >= 0.6 is 0 Å². The summed E-state index contributed by atoms with van der Waals surface area (Å²) in [6.07, 6.45) is 3.11. The van der Waals surface area contributed by atoms with E-state index in [2.05, 4.69) is 6.92 Å². The van der Waals surface area contributed by atoms with Crippen LogP contribution in [0.2, 0.25) is 0 Å². The highest BCUT2D eigenvalue weighted by molar-refractivity contribution is 5.22. The molecule has 0 amide bonds. The van der Waals surface area contributed by atoms with Crippen molar-refractivity contribution in [3.63, 3.8) is 0 Å². The van der Waals surface area contributed by atoms with Gasteiger partial charge in [-0.1, -0.05) is 19.8 Å². The fraction of sp³-hybridized carbons (Fsp3) is 0.571. The highest BCUT2D eigenvalue weighted by atomic mass is 19.1. The minimum absolute atomic E-state index is 0.0660. The SMILES string of the molecule is CCC1CCC(C(O)c2cc(F)ccc2F)C1. The number of aliphatic hydroxyl groups is 1. The van der Waals surface area contributed by atoms with E-state index in [1.165, 1.54) is 0 Å². The van der Waals surface area contributed by atoms with Gasteiger partial charge in [0.1, 0.15) is 11.6 Å². The van der Waals surface area contributed by atoms with Crippen LogP contribution < -0.4 is 0 Å². The van der Waals surface area contributed by atoms with Crippen molar-refractivity contribution >= 4 is 0 Å². The highest BCUT2D eigenvalue weighted by Crippen LogP contribution is 2.40. The fourth-order valence-corrected chi connectivity index (χ4v) is 2.77. The average Bonchev–Trinajstić information content (AvgIpc) is 2.80. The lowest BCUT2D eigenvalue weighted by molar-refractivity contribution is 0.105. The predicted octanol–water partition coefficient (Wildman–Crippen LogP) is 3.82. The quantitative estimate of drug-likeness (QED) is 0.851. The van der Waals surface area contributed by atoms with Gasteiger partial charge in [0.05, 0.1) is 6.10 Å². The summed E-state index contributed by atoms with van der Waals surface area (Å²) in [6.45, 7) is 2.13. The van der Waals surface area contributed by atoms with Crippen LogP contribution in [0.15, 0.2) is 18.2 Å². The van der Waals surface area contributed by atoms with E-state index in [4.69, 9.17) is 0 Å². The summed E-state index contributed by atoms with van der Waals surface area (Å²) < 4.78 is 26.6. The molecule has 0 aromatic heterocycles. The maximum absolute atomic E-state index is 13.5. The summed E-state index contributed by atoms with van der Waals surface area (Å²) in [4.78, 5) is 0. The van der Waals surface area contributed by atoms with Crippen LogP contribution in [0.1, 0.15) is 44.3 Å². The molecule has 94 valence electrons. The number of aliphatic hydroxyl groups excluding tert-OH is 1. The summed E-state index contributed by atoms with van der Waals surface area (Å²) in [5, 5.41) is 10.1. The van der Waals surface area contributed by atoms with Gasteiger partial charge in [-0.05, 0) is 42.9 Å². The molecule has 1 aromatic carbocycles. The summed E-state index contributed by atoms with van der Waals surface area (Å²) >= 11 is 0. The zero-order valence-electron chi connectivity index (χ0n) is 10.00. The topological polar surface area (TPSA) is 20.2 Å². The van der Waals surface area contributed by atoms with E-state index in [-0.39, 0.29) is 11.5 Å². The van der Waals surface area contributed by atoms with Crippen LogP contribution in [0, 0.1) is 23.5 Å². The van der Waals surface area contributed by atoms with Crippen LogP contribution in [-0.4, -0.2) is 5.11 Å². The average molecular weight is 240 g/mol. The molecule has 3 atom stereocenters. The summed E-state index contributed by atoms with van der Waals surface area (Å²) in [7, 11) is 0. The Morgan fingerprint density at radius 2 is 2.12 bits per heavy atom. The molecule has 17 heavy (non-hydrogen) atoms. The van der Waals surface area contributed by atoms with Crippen molar-refractivity contribution in [2.45, 2.75) is 38.7 Å². The van der Waals surface area contributed by atoms with Crippen molar-refractivity contribution in [3.05, 3.63) is 35.4 Å². The molecule has 1 fully saturated rings. The Labute approximate surface area is 100 Å². The Morgan fingerprint density at radius 3 is 2.76 bits per heavy atom. The van der Waals surface area contributed by atoms with Crippen molar-refractivity contribution in [3.8, 4) is 0 Å². The third kappa shape index (κ3) is 2.65. The number of rotatable bonds is 3. The lowest BCUT2D eigenvalue weighted by Gasteiger charge is -2.19. The molecule has 0 spiro atoms. The number of halogens is 2. The molecule has 1 aliphatic carbocycles. The van der Waals surface area contributed by atoms with E-state index in [9.17, 15) is 13.9 Å². The lowest BCUT2D eigenvalue weighted by Crippen LogP contribution is -2.11. The first kappa shape index (κ1) is 12.5. The Morgan fingerprint density at radius 1 is 1.35 bits per heavy atom. The van der Waals surface area contributed by atoms with Crippen LogP contribution in [0.3, 0.4) is 0 Å². The molecule has 3 unspecified atom stereocenters. The molecule has 0 radical (unpaired) electrons. The molecule has 0 aliphatic heterocycles. The van der Waals surface area contributed by atoms with Gasteiger partial charge in [0.2, 0.25) is 0 Å². The van der Waals surface area contributed by atoms with Crippen LogP contribution in [-0.2, 0) is 0 Å². The molecule has 2 rings (SSSR count). The Bertz CT molecular complexity index is 392. The molecule has 1 saturated carbocycles. The summed E-state index contributed by atoms with van der Waals surface area (Å²) in [5.74, 6) is -0.327. The van der Waals surface area contributed by atoms with Crippen LogP contribution in [0.4, 0.5) is 8.78 Å². The zero-order valence-corrected chi connectivity index (χ0v) is 10.00.